The summed E-state index contributed by atoms with van der Waals surface area (Å²) in [5.74, 6) is 1.69. The monoisotopic (exact) mass is 359 g/mol. The number of rotatable bonds is 8. The minimum atomic E-state index is 0.582. The van der Waals surface area contributed by atoms with Crippen LogP contribution >= 0.6 is 0 Å². The number of aromatic nitrogens is 3. The lowest BCUT2D eigenvalue weighted by atomic mass is 10.2. The molecule has 0 bridgehead atoms. The number of ether oxygens (including phenoxy) is 2. The predicted octanol–water partition coefficient (Wildman–Crippen LogP) is 4.08. The predicted molar refractivity (Wildman–Crippen MR) is 104 cm³/mol. The van der Waals surface area contributed by atoms with Gasteiger partial charge in [0, 0.05) is 18.8 Å². The topological polar surface area (TPSA) is 49.2 Å². The smallest absolute Gasteiger partial charge is 0.119 e. The zero-order valence-electron chi connectivity index (χ0n) is 15.0. The molecular formula is C22H21N3O2. The average Bonchev–Trinajstić information content (AvgIpc) is 3.18. The molecule has 0 fully saturated rings. The molecule has 2 aliphatic rings. The Morgan fingerprint density at radius 2 is 1.44 bits per heavy atom. The van der Waals surface area contributed by atoms with Crippen molar-refractivity contribution in [2.75, 3.05) is 13.2 Å². The van der Waals surface area contributed by atoms with E-state index in [2.05, 4.69) is 26.7 Å². The molecule has 2 aromatic carbocycles. The summed E-state index contributed by atoms with van der Waals surface area (Å²) in [5.41, 5.74) is 3.09. The lowest BCUT2D eigenvalue weighted by Crippen LogP contribution is -2.08. The molecule has 2 heterocycles. The third kappa shape index (κ3) is 4.64. The van der Waals surface area contributed by atoms with E-state index in [1.807, 2.05) is 60.9 Å². The first-order chi connectivity index (χ1) is 13.4. The van der Waals surface area contributed by atoms with Gasteiger partial charge in [0.2, 0.25) is 0 Å². The van der Waals surface area contributed by atoms with Crippen LogP contribution in [0.4, 0.5) is 0 Å². The maximum absolute atomic E-state index is 5.82. The molecule has 136 valence electrons. The molecule has 0 atom stereocenters. The van der Waals surface area contributed by atoms with E-state index < -0.39 is 0 Å². The quantitative estimate of drug-likeness (QED) is 0.476. The fraction of sp³-hybridized carbons (Fsp3) is 0.182. The highest BCUT2D eigenvalue weighted by Crippen LogP contribution is 2.18. The van der Waals surface area contributed by atoms with Crippen LogP contribution in [0.5, 0.6) is 11.5 Å². The molecule has 2 aromatic rings. The fourth-order valence-electron chi connectivity index (χ4n) is 2.85. The van der Waals surface area contributed by atoms with Gasteiger partial charge < -0.3 is 14.0 Å². The lowest BCUT2D eigenvalue weighted by molar-refractivity contribution is 0.295. The number of imidazole rings is 1. The van der Waals surface area contributed by atoms with Crippen molar-refractivity contribution < 1.29 is 9.47 Å². The van der Waals surface area contributed by atoms with Gasteiger partial charge in [-0.1, -0.05) is 30.3 Å². The fourth-order valence-corrected chi connectivity index (χ4v) is 2.85. The Morgan fingerprint density at radius 3 is 2.22 bits per heavy atom. The standard InChI is InChI=1S/C22H21N3O2/c1-2-4-18(5-3-1)11-14-26-19-6-8-20(9-7-19)27-15-13-25-12-10-21-22(16-25)24-17-23-21/h1-10,12,16-17H,11,13-15H2. The minimum Gasteiger partial charge on any atom is -0.493 e. The maximum atomic E-state index is 5.82. The van der Waals surface area contributed by atoms with E-state index in [1.54, 1.807) is 6.33 Å². The molecule has 0 saturated heterocycles. The molecule has 0 unspecified atom stereocenters. The third-order valence-corrected chi connectivity index (χ3v) is 4.31. The number of nitrogens with zero attached hydrogens (tertiary/aromatic N) is 3. The minimum absolute atomic E-state index is 0.582. The zero-order chi connectivity index (χ0) is 18.3. The molecule has 2 aliphatic heterocycles. The first-order valence-corrected chi connectivity index (χ1v) is 9.03. The third-order valence-electron chi connectivity index (χ3n) is 4.31. The molecular weight excluding hydrogens is 338 g/mol. The van der Waals surface area contributed by atoms with Gasteiger partial charge >= 0.3 is 0 Å². The summed E-state index contributed by atoms with van der Waals surface area (Å²) >= 11 is 0. The second kappa shape index (κ2) is 8.36. The van der Waals surface area contributed by atoms with Crippen LogP contribution in [-0.2, 0) is 13.0 Å². The van der Waals surface area contributed by atoms with Gasteiger partial charge in [0.1, 0.15) is 30.1 Å². The van der Waals surface area contributed by atoms with Crippen LogP contribution in [0.25, 0.3) is 11.4 Å². The molecule has 0 N–H and O–H groups in total. The SMILES string of the molecule is c1ccc(CCOc2ccc(OCCn3ccc4ncnc-4c3)cc2)cc1. The second-order valence-electron chi connectivity index (χ2n) is 6.23. The van der Waals surface area contributed by atoms with Gasteiger partial charge in [0.05, 0.1) is 18.8 Å². The van der Waals surface area contributed by atoms with E-state index in [-0.39, 0.29) is 0 Å². The van der Waals surface area contributed by atoms with Gasteiger partial charge in [-0.05, 0) is 35.9 Å². The van der Waals surface area contributed by atoms with Gasteiger partial charge in [-0.25, -0.2) is 9.97 Å². The summed E-state index contributed by atoms with van der Waals surface area (Å²) in [7, 11) is 0. The largest absolute Gasteiger partial charge is 0.493 e. The van der Waals surface area contributed by atoms with Crippen molar-refractivity contribution in [2.24, 2.45) is 0 Å². The highest BCUT2D eigenvalue weighted by molar-refractivity contribution is 5.53. The first kappa shape index (κ1) is 17.1. The number of benzene rings is 2. The Labute approximate surface area is 158 Å². The van der Waals surface area contributed by atoms with Gasteiger partial charge in [0.15, 0.2) is 0 Å². The maximum Gasteiger partial charge on any atom is 0.119 e. The van der Waals surface area contributed by atoms with Crippen LogP contribution in [0.15, 0.2) is 79.4 Å². The Hall–Kier alpha value is -3.34. The summed E-state index contributed by atoms with van der Waals surface area (Å²) in [6, 6.07) is 20.1. The summed E-state index contributed by atoms with van der Waals surface area (Å²) in [5, 5.41) is 0. The van der Waals surface area contributed by atoms with Gasteiger partial charge in [-0.2, -0.15) is 0 Å². The van der Waals surface area contributed by atoms with Crippen LogP contribution in [0.3, 0.4) is 0 Å². The van der Waals surface area contributed by atoms with Gasteiger partial charge in [0.25, 0.3) is 0 Å². The molecule has 5 heteroatoms. The van der Waals surface area contributed by atoms with E-state index in [0.29, 0.717) is 13.2 Å². The van der Waals surface area contributed by atoms with Crippen molar-refractivity contribution in [3.8, 4) is 22.9 Å². The van der Waals surface area contributed by atoms with Crippen molar-refractivity contribution in [1.82, 2.24) is 14.5 Å². The molecule has 0 amide bonds. The Balaban J connectivity index is 1.22. The van der Waals surface area contributed by atoms with Crippen LogP contribution < -0.4 is 9.47 Å². The van der Waals surface area contributed by atoms with E-state index in [9.17, 15) is 0 Å². The normalized spacial score (nSPS) is 10.8. The van der Waals surface area contributed by atoms with E-state index in [1.165, 1.54) is 5.56 Å². The highest BCUT2D eigenvalue weighted by atomic mass is 16.5. The Morgan fingerprint density at radius 1 is 0.741 bits per heavy atom. The Kier molecular flexibility index (Phi) is 5.29. The Bertz CT molecular complexity index is 935. The zero-order valence-corrected chi connectivity index (χ0v) is 15.0. The number of fused-ring (bicyclic) bond motifs is 1. The van der Waals surface area contributed by atoms with Crippen molar-refractivity contribution in [3.05, 3.63) is 84.9 Å². The lowest BCUT2D eigenvalue weighted by Gasteiger charge is -2.11. The second-order valence-corrected chi connectivity index (χ2v) is 6.23. The molecule has 0 spiro atoms. The van der Waals surface area contributed by atoms with E-state index in [4.69, 9.17) is 9.47 Å². The summed E-state index contributed by atoms with van der Waals surface area (Å²) < 4.78 is 13.7. The highest BCUT2D eigenvalue weighted by Gasteiger charge is 2.05. The summed E-state index contributed by atoms with van der Waals surface area (Å²) in [6.45, 7) is 1.99. The van der Waals surface area contributed by atoms with Crippen LogP contribution in [0.2, 0.25) is 0 Å². The van der Waals surface area contributed by atoms with Crippen molar-refractivity contribution >= 4 is 0 Å². The van der Waals surface area contributed by atoms with Crippen molar-refractivity contribution in [2.45, 2.75) is 13.0 Å². The van der Waals surface area contributed by atoms with Gasteiger partial charge in [-0.15, -0.1) is 0 Å². The number of pyridine rings is 1. The summed E-state index contributed by atoms with van der Waals surface area (Å²) in [4.78, 5) is 8.38. The number of hydrogen-bond acceptors (Lipinski definition) is 4. The van der Waals surface area contributed by atoms with Crippen LogP contribution in [-0.4, -0.2) is 27.7 Å². The molecule has 0 aliphatic carbocycles. The molecule has 4 rings (SSSR count). The van der Waals surface area contributed by atoms with E-state index >= 15 is 0 Å². The molecule has 0 aromatic heterocycles. The van der Waals surface area contributed by atoms with Crippen molar-refractivity contribution in [1.29, 1.82) is 0 Å². The van der Waals surface area contributed by atoms with E-state index in [0.717, 1.165) is 35.9 Å². The van der Waals surface area contributed by atoms with Crippen LogP contribution in [0.1, 0.15) is 5.56 Å². The summed E-state index contributed by atoms with van der Waals surface area (Å²) in [6.07, 6.45) is 6.45. The van der Waals surface area contributed by atoms with Gasteiger partial charge in [-0.3, -0.25) is 0 Å². The molecule has 27 heavy (non-hydrogen) atoms. The number of hydrogen-bond donors (Lipinski definition) is 0. The van der Waals surface area contributed by atoms with Crippen molar-refractivity contribution in [3.63, 3.8) is 0 Å². The molecule has 0 radical (unpaired) electrons. The average molecular weight is 359 g/mol. The molecule has 0 saturated carbocycles. The van der Waals surface area contributed by atoms with Crippen LogP contribution in [0, 0.1) is 0 Å². The molecule has 5 nitrogen and oxygen atoms in total. The first-order valence-electron chi connectivity index (χ1n) is 9.03.